The predicted octanol–water partition coefficient (Wildman–Crippen LogP) is 2.71. The van der Waals surface area contributed by atoms with Crippen LogP contribution >= 0.6 is 0 Å². The van der Waals surface area contributed by atoms with Gasteiger partial charge in [0, 0.05) is 12.3 Å². The summed E-state index contributed by atoms with van der Waals surface area (Å²) in [5.74, 6) is 0.837. The molecule has 0 spiro atoms. The van der Waals surface area contributed by atoms with Gasteiger partial charge in [-0.2, -0.15) is 0 Å². The average Bonchev–Trinajstić information content (AvgIpc) is 2.37. The van der Waals surface area contributed by atoms with Gasteiger partial charge in [0.25, 0.3) is 0 Å². The molecule has 0 aromatic carbocycles. The summed E-state index contributed by atoms with van der Waals surface area (Å²) in [6.45, 7) is 2.12. The monoisotopic (exact) mass is 152 g/mol. The largest absolute Gasteiger partial charge is 0.299 e. The molecule has 0 saturated heterocycles. The van der Waals surface area contributed by atoms with E-state index in [-0.39, 0.29) is 0 Å². The number of hydrogen-bond donors (Lipinski definition) is 0. The van der Waals surface area contributed by atoms with Crippen LogP contribution in [0.25, 0.3) is 0 Å². The Bertz CT molecular complexity index is 158. The molecule has 0 aliphatic heterocycles. The second-order valence-electron chi connectivity index (χ2n) is 3.17. The maximum Gasteiger partial charge on any atom is 0.136 e. The zero-order valence-corrected chi connectivity index (χ0v) is 7.18. The SMILES string of the molecule is CCC=CC[C@H]1CCCC1=O. The minimum atomic E-state index is 0.359. The molecule has 1 heteroatoms. The van der Waals surface area contributed by atoms with Crippen LogP contribution in [0.5, 0.6) is 0 Å². The van der Waals surface area contributed by atoms with E-state index in [1.54, 1.807) is 0 Å². The van der Waals surface area contributed by atoms with Crippen molar-refractivity contribution in [3.05, 3.63) is 12.2 Å². The van der Waals surface area contributed by atoms with Crippen molar-refractivity contribution in [2.24, 2.45) is 5.92 Å². The van der Waals surface area contributed by atoms with Gasteiger partial charge in [0.05, 0.1) is 0 Å². The lowest BCUT2D eigenvalue weighted by atomic mass is 10.0. The Morgan fingerprint density at radius 3 is 2.91 bits per heavy atom. The molecule has 0 heterocycles. The second kappa shape index (κ2) is 4.32. The molecular formula is C10H16O. The van der Waals surface area contributed by atoms with Gasteiger partial charge in [-0.25, -0.2) is 0 Å². The van der Waals surface area contributed by atoms with Crippen molar-refractivity contribution in [1.82, 2.24) is 0 Å². The van der Waals surface area contributed by atoms with Gasteiger partial charge in [0.2, 0.25) is 0 Å². The molecule has 1 nitrogen and oxygen atoms in total. The second-order valence-corrected chi connectivity index (χ2v) is 3.17. The lowest BCUT2D eigenvalue weighted by molar-refractivity contribution is -0.120. The summed E-state index contributed by atoms with van der Waals surface area (Å²) in [5.41, 5.74) is 0. The zero-order chi connectivity index (χ0) is 8.10. The molecule has 1 atom stereocenters. The van der Waals surface area contributed by atoms with E-state index in [9.17, 15) is 4.79 Å². The number of ketones is 1. The predicted molar refractivity (Wildman–Crippen MR) is 46.4 cm³/mol. The molecule has 0 N–H and O–H groups in total. The summed E-state index contributed by atoms with van der Waals surface area (Å²) in [4.78, 5) is 11.1. The summed E-state index contributed by atoms with van der Waals surface area (Å²) in [6, 6.07) is 0. The van der Waals surface area contributed by atoms with Crippen LogP contribution in [0.2, 0.25) is 0 Å². The molecular weight excluding hydrogens is 136 g/mol. The first-order chi connectivity index (χ1) is 5.34. The fourth-order valence-electron chi connectivity index (χ4n) is 1.56. The average molecular weight is 152 g/mol. The third kappa shape index (κ3) is 2.49. The number of carbonyl (C=O) groups is 1. The van der Waals surface area contributed by atoms with E-state index in [1.165, 1.54) is 0 Å². The van der Waals surface area contributed by atoms with Crippen molar-refractivity contribution in [3.8, 4) is 0 Å². The van der Waals surface area contributed by atoms with E-state index in [0.29, 0.717) is 11.7 Å². The van der Waals surface area contributed by atoms with Crippen molar-refractivity contribution in [1.29, 1.82) is 0 Å². The number of Topliss-reactive ketones (excluding diaryl/α,β-unsaturated/α-hetero) is 1. The Morgan fingerprint density at radius 2 is 2.36 bits per heavy atom. The van der Waals surface area contributed by atoms with Crippen LogP contribution < -0.4 is 0 Å². The first-order valence-corrected chi connectivity index (χ1v) is 4.52. The molecule has 0 unspecified atom stereocenters. The van der Waals surface area contributed by atoms with Crippen molar-refractivity contribution in [2.75, 3.05) is 0 Å². The Balaban J connectivity index is 2.25. The van der Waals surface area contributed by atoms with Gasteiger partial charge < -0.3 is 0 Å². The fraction of sp³-hybridized carbons (Fsp3) is 0.700. The summed E-state index contributed by atoms with van der Waals surface area (Å²) in [7, 11) is 0. The minimum absolute atomic E-state index is 0.359. The molecule has 0 aromatic rings. The molecule has 0 aromatic heterocycles. The van der Waals surface area contributed by atoms with Crippen LogP contribution in [0.4, 0.5) is 0 Å². The molecule has 1 rings (SSSR count). The van der Waals surface area contributed by atoms with E-state index in [2.05, 4.69) is 19.1 Å². The standard InChI is InChI=1S/C10H16O/c1-2-3-4-6-9-7-5-8-10(9)11/h3-4,9H,2,5-8H2,1H3/t9-/m0/s1. The highest BCUT2D eigenvalue weighted by molar-refractivity contribution is 5.82. The maximum absolute atomic E-state index is 11.1. The van der Waals surface area contributed by atoms with Crippen molar-refractivity contribution >= 4 is 5.78 Å². The third-order valence-electron chi connectivity index (χ3n) is 2.25. The van der Waals surface area contributed by atoms with Gasteiger partial charge in [0.1, 0.15) is 5.78 Å². The van der Waals surface area contributed by atoms with Crippen LogP contribution in [-0.4, -0.2) is 5.78 Å². The van der Waals surface area contributed by atoms with Gasteiger partial charge in [-0.15, -0.1) is 0 Å². The Hall–Kier alpha value is -0.590. The Morgan fingerprint density at radius 1 is 1.55 bits per heavy atom. The summed E-state index contributed by atoms with van der Waals surface area (Å²) in [6.07, 6.45) is 9.41. The van der Waals surface area contributed by atoms with E-state index in [1.807, 2.05) is 0 Å². The van der Waals surface area contributed by atoms with E-state index in [4.69, 9.17) is 0 Å². The molecule has 11 heavy (non-hydrogen) atoms. The molecule has 1 saturated carbocycles. The first-order valence-electron chi connectivity index (χ1n) is 4.52. The summed E-state index contributed by atoms with van der Waals surface area (Å²) in [5, 5.41) is 0. The van der Waals surface area contributed by atoms with Gasteiger partial charge in [-0.1, -0.05) is 19.1 Å². The van der Waals surface area contributed by atoms with Crippen LogP contribution in [0.1, 0.15) is 39.0 Å². The molecule has 0 amide bonds. The highest BCUT2D eigenvalue weighted by Crippen LogP contribution is 2.24. The normalized spacial score (nSPS) is 25.2. The topological polar surface area (TPSA) is 17.1 Å². The zero-order valence-electron chi connectivity index (χ0n) is 7.18. The van der Waals surface area contributed by atoms with Gasteiger partial charge >= 0.3 is 0 Å². The van der Waals surface area contributed by atoms with E-state index < -0.39 is 0 Å². The first kappa shape index (κ1) is 8.51. The molecule has 1 aliphatic rings. The quantitative estimate of drug-likeness (QED) is 0.568. The number of carbonyl (C=O) groups excluding carboxylic acids is 1. The minimum Gasteiger partial charge on any atom is -0.299 e. The lowest BCUT2D eigenvalue weighted by Crippen LogP contribution is -2.03. The number of hydrogen-bond acceptors (Lipinski definition) is 1. The number of allylic oxidation sites excluding steroid dienone is 2. The van der Waals surface area contributed by atoms with Crippen molar-refractivity contribution in [2.45, 2.75) is 39.0 Å². The molecule has 0 radical (unpaired) electrons. The highest BCUT2D eigenvalue weighted by atomic mass is 16.1. The smallest absolute Gasteiger partial charge is 0.136 e. The Labute approximate surface area is 68.5 Å². The van der Waals surface area contributed by atoms with Gasteiger partial charge in [-0.3, -0.25) is 4.79 Å². The molecule has 1 aliphatic carbocycles. The van der Waals surface area contributed by atoms with Crippen molar-refractivity contribution in [3.63, 3.8) is 0 Å². The van der Waals surface area contributed by atoms with Crippen LogP contribution in [-0.2, 0) is 4.79 Å². The lowest BCUT2D eigenvalue weighted by Gasteiger charge is -2.01. The Kier molecular flexibility index (Phi) is 3.34. The fourth-order valence-corrected chi connectivity index (χ4v) is 1.56. The van der Waals surface area contributed by atoms with Crippen LogP contribution in [0.3, 0.4) is 0 Å². The molecule has 0 bridgehead atoms. The molecule has 62 valence electrons. The molecule has 1 fully saturated rings. The van der Waals surface area contributed by atoms with Crippen LogP contribution in [0.15, 0.2) is 12.2 Å². The summed E-state index contributed by atoms with van der Waals surface area (Å²) < 4.78 is 0. The van der Waals surface area contributed by atoms with E-state index >= 15 is 0 Å². The van der Waals surface area contributed by atoms with Gasteiger partial charge in [0.15, 0.2) is 0 Å². The van der Waals surface area contributed by atoms with Gasteiger partial charge in [-0.05, 0) is 25.7 Å². The maximum atomic E-state index is 11.1. The third-order valence-corrected chi connectivity index (χ3v) is 2.25. The van der Waals surface area contributed by atoms with Crippen molar-refractivity contribution < 1.29 is 4.79 Å². The van der Waals surface area contributed by atoms with Crippen LogP contribution in [0, 0.1) is 5.92 Å². The number of rotatable bonds is 3. The van der Waals surface area contributed by atoms with E-state index in [0.717, 1.165) is 32.1 Å². The summed E-state index contributed by atoms with van der Waals surface area (Å²) >= 11 is 0. The highest BCUT2D eigenvalue weighted by Gasteiger charge is 2.22.